The van der Waals surface area contributed by atoms with Crippen molar-refractivity contribution < 1.29 is 26.0 Å². The number of thioether (sulfide) groups is 1. The van der Waals surface area contributed by atoms with Gasteiger partial charge in [0.1, 0.15) is 0 Å². The molecule has 2 heterocycles. The van der Waals surface area contributed by atoms with Gasteiger partial charge in [0, 0.05) is 30.0 Å². The molecule has 0 N–H and O–H groups in total. The fraction of sp³-hybridized carbons (Fsp3) is 0.179. The fourth-order valence-corrected chi connectivity index (χ4v) is 5.25. The molecule has 0 aliphatic carbocycles. The molecule has 1 aliphatic rings. The number of halogens is 1. The maximum Gasteiger partial charge on any atom is 0.374 e. The smallest absolute Gasteiger partial charge is 0.374 e. The van der Waals surface area contributed by atoms with Crippen molar-refractivity contribution in [1.82, 2.24) is 4.90 Å². The van der Waals surface area contributed by atoms with Crippen molar-refractivity contribution in [2.45, 2.75) is 26.1 Å². The lowest BCUT2D eigenvalue weighted by atomic mass is 10.2. The van der Waals surface area contributed by atoms with E-state index >= 15 is 0 Å². The zero-order chi connectivity index (χ0) is 21.8. The van der Waals surface area contributed by atoms with E-state index in [2.05, 4.69) is 107 Å². The van der Waals surface area contributed by atoms with E-state index in [1.54, 1.807) is 0 Å². The molecule has 0 spiro atoms. The summed E-state index contributed by atoms with van der Waals surface area (Å²) in [6.07, 6.45) is 6.43. The van der Waals surface area contributed by atoms with Crippen LogP contribution in [0.1, 0.15) is 23.9 Å². The normalized spacial score (nSPS) is 17.2. The Morgan fingerprint density at radius 3 is 2.36 bits per heavy atom. The van der Waals surface area contributed by atoms with Crippen LogP contribution in [-0.4, -0.2) is 16.7 Å². The Kier molecular flexibility index (Phi) is 7.73. The molecule has 0 radical (unpaired) electrons. The van der Waals surface area contributed by atoms with Crippen molar-refractivity contribution in [1.29, 1.82) is 0 Å². The topological polar surface area (TPSA) is 20.3 Å². The Balaban J connectivity index is 0.00000259. The molecule has 1 aromatic heterocycles. The lowest BCUT2D eigenvalue weighted by Gasteiger charge is -2.24. The average molecular weight is 520 g/mol. The molecule has 5 heteroatoms. The molecule has 3 nitrogen and oxygen atoms in total. The summed E-state index contributed by atoms with van der Waals surface area (Å²) in [5.74, 6) is 1.98. The number of fused-ring (bicyclic) bond motifs is 1. The predicted molar refractivity (Wildman–Crippen MR) is 133 cm³/mol. The number of hydrogen-bond acceptors (Lipinski definition) is 3. The van der Waals surface area contributed by atoms with E-state index < -0.39 is 0 Å². The van der Waals surface area contributed by atoms with E-state index in [1.165, 1.54) is 16.2 Å². The van der Waals surface area contributed by atoms with Crippen LogP contribution < -0.4 is 21.5 Å². The third-order valence-electron chi connectivity index (χ3n) is 5.78. The van der Waals surface area contributed by atoms with Gasteiger partial charge in [0.15, 0.2) is 6.54 Å². The first kappa shape index (κ1) is 23.4. The number of para-hydroxylation sites is 2. The van der Waals surface area contributed by atoms with E-state index in [0.29, 0.717) is 6.04 Å². The van der Waals surface area contributed by atoms with E-state index in [9.17, 15) is 0 Å². The highest BCUT2D eigenvalue weighted by molar-refractivity contribution is 8.03. The zero-order valence-electron chi connectivity index (χ0n) is 18.6. The summed E-state index contributed by atoms with van der Waals surface area (Å²) in [6, 6.07) is 30.0. The minimum atomic E-state index is 0. The third kappa shape index (κ3) is 5.43. The molecule has 1 saturated heterocycles. The van der Waals surface area contributed by atoms with Crippen LogP contribution in [-0.2, 0) is 13.1 Å². The Bertz CT molecular complexity index is 1250. The van der Waals surface area contributed by atoms with Gasteiger partial charge in [-0.05, 0) is 30.7 Å². The summed E-state index contributed by atoms with van der Waals surface area (Å²) in [7, 11) is 0. The molecule has 3 aromatic carbocycles. The Morgan fingerprint density at radius 1 is 0.939 bits per heavy atom. The van der Waals surface area contributed by atoms with Gasteiger partial charge in [-0.15, -0.1) is 11.8 Å². The molecule has 0 amide bonds. The van der Waals surface area contributed by atoms with Crippen molar-refractivity contribution in [3.63, 3.8) is 0 Å². The van der Waals surface area contributed by atoms with Crippen molar-refractivity contribution in [3.05, 3.63) is 119 Å². The first-order chi connectivity index (χ1) is 15.8. The van der Waals surface area contributed by atoms with Gasteiger partial charge in [-0.3, -0.25) is 0 Å². The predicted octanol–water partition coefficient (Wildman–Crippen LogP) is 3.26. The summed E-state index contributed by atoms with van der Waals surface area (Å²) in [5.41, 5.74) is 4.62. The number of allylic oxidation sites excluding steroid dienone is 2. The molecule has 1 atom stereocenters. The first-order valence-electron chi connectivity index (χ1n) is 11.0. The number of nitrogens with zero attached hydrogens (tertiary/aromatic N) is 2. The van der Waals surface area contributed by atoms with Crippen LogP contribution in [0, 0.1) is 0 Å². The zero-order valence-corrected chi connectivity index (χ0v) is 21.0. The molecule has 33 heavy (non-hydrogen) atoms. The van der Waals surface area contributed by atoms with Gasteiger partial charge in [-0.25, -0.2) is 0 Å². The molecule has 0 saturated carbocycles. The summed E-state index contributed by atoms with van der Waals surface area (Å²) >= 11 is 1.92. The van der Waals surface area contributed by atoms with Crippen LogP contribution in [0.15, 0.2) is 107 Å². The molecule has 168 valence electrons. The van der Waals surface area contributed by atoms with Crippen molar-refractivity contribution in [2.24, 2.45) is 0 Å². The SMILES string of the molecule is CC1CS/C(=C\C=C\c2oc3ccccc3[n+]2Cc2ccccc2)N1Cc1ccccc1.[Br-]. The van der Waals surface area contributed by atoms with Crippen LogP contribution in [0.5, 0.6) is 0 Å². The van der Waals surface area contributed by atoms with E-state index in [-0.39, 0.29) is 17.0 Å². The van der Waals surface area contributed by atoms with Crippen molar-refractivity contribution in [2.75, 3.05) is 5.75 Å². The molecule has 1 unspecified atom stereocenters. The minimum absolute atomic E-state index is 0. The van der Waals surface area contributed by atoms with E-state index in [1.807, 2.05) is 23.9 Å². The first-order valence-corrected chi connectivity index (χ1v) is 12.0. The molecule has 5 rings (SSSR count). The van der Waals surface area contributed by atoms with Gasteiger partial charge in [0.25, 0.3) is 5.52 Å². The van der Waals surface area contributed by atoms with Gasteiger partial charge in [-0.1, -0.05) is 72.8 Å². The maximum absolute atomic E-state index is 6.21. The summed E-state index contributed by atoms with van der Waals surface area (Å²) in [6.45, 7) is 4.01. The second kappa shape index (κ2) is 10.9. The maximum atomic E-state index is 6.21. The molecule has 0 bridgehead atoms. The van der Waals surface area contributed by atoms with E-state index in [0.717, 1.165) is 35.8 Å². The Labute approximate surface area is 210 Å². The second-order valence-corrected chi connectivity index (χ2v) is 9.16. The van der Waals surface area contributed by atoms with Crippen LogP contribution in [0.3, 0.4) is 0 Å². The molecular formula is C28H27BrN2OS. The van der Waals surface area contributed by atoms with Crippen LogP contribution >= 0.6 is 11.8 Å². The monoisotopic (exact) mass is 518 g/mol. The summed E-state index contributed by atoms with van der Waals surface area (Å²) in [5, 5.41) is 1.31. The Hall–Kier alpha value is -2.76. The number of hydrogen-bond donors (Lipinski definition) is 0. The molecule has 1 fully saturated rings. The van der Waals surface area contributed by atoms with Crippen LogP contribution in [0.25, 0.3) is 17.2 Å². The average Bonchev–Trinajstić information content (AvgIpc) is 3.36. The number of rotatable bonds is 6. The quantitative estimate of drug-likeness (QED) is 0.365. The number of oxazole rings is 1. The second-order valence-electron chi connectivity index (χ2n) is 8.12. The lowest BCUT2D eigenvalue weighted by Crippen LogP contribution is -3.00. The Morgan fingerprint density at radius 2 is 1.61 bits per heavy atom. The fourth-order valence-electron chi connectivity index (χ4n) is 4.07. The van der Waals surface area contributed by atoms with E-state index in [4.69, 9.17) is 4.42 Å². The van der Waals surface area contributed by atoms with Gasteiger partial charge in [-0.2, -0.15) is 4.57 Å². The van der Waals surface area contributed by atoms with Crippen molar-refractivity contribution >= 4 is 28.9 Å². The number of aromatic nitrogens is 1. The summed E-state index contributed by atoms with van der Waals surface area (Å²) in [4.78, 5) is 2.49. The minimum Gasteiger partial charge on any atom is -1.00 e. The van der Waals surface area contributed by atoms with Gasteiger partial charge in [0.2, 0.25) is 5.58 Å². The highest BCUT2D eigenvalue weighted by Gasteiger charge is 2.25. The number of benzene rings is 3. The molecule has 1 aliphatic heterocycles. The largest absolute Gasteiger partial charge is 1.00 e. The summed E-state index contributed by atoms with van der Waals surface area (Å²) < 4.78 is 8.45. The highest BCUT2D eigenvalue weighted by Crippen LogP contribution is 2.34. The standard InChI is InChI=1S/C28H27N2OS.BrH/c1-22-21-32-28(29(22)19-23-11-4-2-5-12-23)18-10-17-27-30(20-24-13-6-3-7-14-24)25-15-8-9-16-26(25)31-27;/h2-18,22H,19-21H2,1H3;1H/q+1;/p-1. The lowest BCUT2D eigenvalue weighted by molar-refractivity contribution is -0.669. The van der Waals surface area contributed by atoms with Crippen LogP contribution in [0.4, 0.5) is 0 Å². The van der Waals surface area contributed by atoms with Gasteiger partial charge in [0.05, 0.1) is 11.1 Å². The highest BCUT2D eigenvalue weighted by atomic mass is 79.9. The molecular weight excluding hydrogens is 492 g/mol. The molecule has 4 aromatic rings. The van der Waals surface area contributed by atoms with Crippen molar-refractivity contribution in [3.8, 4) is 0 Å². The third-order valence-corrected chi connectivity index (χ3v) is 7.10. The van der Waals surface area contributed by atoms with Gasteiger partial charge >= 0.3 is 5.89 Å². The van der Waals surface area contributed by atoms with Gasteiger partial charge < -0.3 is 26.3 Å². The van der Waals surface area contributed by atoms with Crippen LogP contribution in [0.2, 0.25) is 0 Å².